The Morgan fingerprint density at radius 1 is 1.32 bits per heavy atom. The second-order valence-electron chi connectivity index (χ2n) is 4.03. The van der Waals surface area contributed by atoms with E-state index in [2.05, 4.69) is 27.8 Å². The Labute approximate surface area is 116 Å². The number of nitrogens with one attached hydrogen (secondary N) is 1. The van der Waals surface area contributed by atoms with E-state index < -0.39 is 0 Å². The minimum Gasteiger partial charge on any atom is -0.273 e. The highest BCUT2D eigenvalue weighted by Crippen LogP contribution is 2.20. The second kappa shape index (κ2) is 6.38. The SMILES string of the molecule is CCC(=O)Nn1c(C)nnc1SCc1ccccc1. The quantitative estimate of drug-likeness (QED) is 0.852. The summed E-state index contributed by atoms with van der Waals surface area (Å²) in [6.07, 6.45) is 0.431. The van der Waals surface area contributed by atoms with Gasteiger partial charge in [-0.1, -0.05) is 49.0 Å². The minimum atomic E-state index is -0.0514. The van der Waals surface area contributed by atoms with Gasteiger partial charge in [0, 0.05) is 12.2 Å². The maximum atomic E-state index is 11.5. The molecule has 0 bridgehead atoms. The lowest BCUT2D eigenvalue weighted by Gasteiger charge is -2.08. The number of aromatic nitrogens is 3. The molecule has 0 aliphatic carbocycles. The standard InChI is InChI=1S/C13H16N4OS/c1-3-12(18)16-17-10(2)14-15-13(17)19-9-11-7-5-4-6-8-11/h4-8H,3,9H2,1-2H3,(H,16,18). The number of thioether (sulfide) groups is 1. The molecule has 0 aliphatic rings. The molecule has 0 saturated heterocycles. The van der Waals surface area contributed by atoms with Crippen molar-refractivity contribution in [3.05, 3.63) is 41.7 Å². The van der Waals surface area contributed by atoms with E-state index in [0.29, 0.717) is 17.4 Å². The van der Waals surface area contributed by atoms with Gasteiger partial charge < -0.3 is 0 Å². The van der Waals surface area contributed by atoms with Crippen LogP contribution < -0.4 is 5.43 Å². The van der Waals surface area contributed by atoms with Gasteiger partial charge in [-0.3, -0.25) is 10.2 Å². The number of amides is 1. The molecule has 1 aromatic heterocycles. The average molecular weight is 276 g/mol. The van der Waals surface area contributed by atoms with E-state index >= 15 is 0 Å². The maximum absolute atomic E-state index is 11.5. The molecule has 0 unspecified atom stereocenters. The number of carbonyl (C=O) groups is 1. The fraction of sp³-hybridized carbons (Fsp3) is 0.308. The van der Waals surface area contributed by atoms with Crippen molar-refractivity contribution in [1.29, 1.82) is 0 Å². The summed E-state index contributed by atoms with van der Waals surface area (Å²) in [6, 6.07) is 10.1. The summed E-state index contributed by atoms with van der Waals surface area (Å²) in [5, 5.41) is 8.77. The van der Waals surface area contributed by atoms with Crippen LogP contribution in [0.3, 0.4) is 0 Å². The van der Waals surface area contributed by atoms with Crippen molar-refractivity contribution >= 4 is 17.7 Å². The molecule has 2 aromatic rings. The number of benzene rings is 1. The zero-order valence-corrected chi connectivity index (χ0v) is 11.8. The van der Waals surface area contributed by atoms with Crippen LogP contribution in [0.5, 0.6) is 0 Å². The van der Waals surface area contributed by atoms with Gasteiger partial charge in [-0.05, 0) is 12.5 Å². The van der Waals surface area contributed by atoms with E-state index in [1.165, 1.54) is 5.56 Å². The van der Waals surface area contributed by atoms with Crippen molar-refractivity contribution in [2.45, 2.75) is 31.2 Å². The molecule has 100 valence electrons. The number of hydrogen-bond donors (Lipinski definition) is 1. The lowest BCUT2D eigenvalue weighted by Crippen LogP contribution is -2.23. The number of aryl methyl sites for hydroxylation is 1. The highest BCUT2D eigenvalue weighted by atomic mass is 32.2. The molecule has 1 aromatic carbocycles. The Bertz CT molecular complexity index is 553. The van der Waals surface area contributed by atoms with Crippen molar-refractivity contribution in [1.82, 2.24) is 14.9 Å². The van der Waals surface area contributed by atoms with Gasteiger partial charge in [0.05, 0.1) is 0 Å². The molecule has 0 atom stereocenters. The highest BCUT2D eigenvalue weighted by Gasteiger charge is 2.11. The molecule has 2 rings (SSSR count). The highest BCUT2D eigenvalue weighted by molar-refractivity contribution is 7.98. The lowest BCUT2D eigenvalue weighted by atomic mass is 10.2. The van der Waals surface area contributed by atoms with E-state index in [1.807, 2.05) is 32.0 Å². The Hall–Kier alpha value is -1.82. The predicted molar refractivity (Wildman–Crippen MR) is 75.4 cm³/mol. The van der Waals surface area contributed by atoms with E-state index in [9.17, 15) is 4.79 Å². The van der Waals surface area contributed by atoms with Crippen LogP contribution in [0, 0.1) is 6.92 Å². The van der Waals surface area contributed by atoms with Crippen LogP contribution in [0.4, 0.5) is 0 Å². The van der Waals surface area contributed by atoms with Crippen LogP contribution in [0.2, 0.25) is 0 Å². The zero-order valence-electron chi connectivity index (χ0n) is 11.0. The van der Waals surface area contributed by atoms with Crippen molar-refractivity contribution in [3.8, 4) is 0 Å². The first-order chi connectivity index (χ1) is 9.20. The Balaban J connectivity index is 2.06. The molecule has 0 spiro atoms. The van der Waals surface area contributed by atoms with Crippen molar-refractivity contribution < 1.29 is 4.79 Å². The minimum absolute atomic E-state index is 0.0514. The fourth-order valence-corrected chi connectivity index (χ4v) is 2.38. The van der Waals surface area contributed by atoms with E-state index in [-0.39, 0.29) is 5.91 Å². The van der Waals surface area contributed by atoms with Gasteiger partial charge >= 0.3 is 0 Å². The summed E-state index contributed by atoms with van der Waals surface area (Å²) in [6.45, 7) is 3.63. The van der Waals surface area contributed by atoms with Gasteiger partial charge in [0.15, 0.2) is 0 Å². The summed E-state index contributed by atoms with van der Waals surface area (Å²) in [5.41, 5.74) is 3.99. The van der Waals surface area contributed by atoms with Gasteiger partial charge in [0.1, 0.15) is 5.82 Å². The molecule has 19 heavy (non-hydrogen) atoms. The second-order valence-corrected chi connectivity index (χ2v) is 4.97. The topological polar surface area (TPSA) is 59.8 Å². The number of hydrogen-bond acceptors (Lipinski definition) is 4. The van der Waals surface area contributed by atoms with Crippen molar-refractivity contribution in [3.63, 3.8) is 0 Å². The van der Waals surface area contributed by atoms with Crippen LogP contribution in [0.15, 0.2) is 35.5 Å². The molecule has 6 heteroatoms. The number of rotatable bonds is 5. The van der Waals surface area contributed by atoms with Gasteiger partial charge in [-0.25, -0.2) is 4.68 Å². The molecule has 1 heterocycles. The third-order valence-electron chi connectivity index (χ3n) is 2.56. The van der Waals surface area contributed by atoms with Crippen LogP contribution in [0.25, 0.3) is 0 Å². The summed E-state index contributed by atoms with van der Waals surface area (Å²) < 4.78 is 1.64. The molecular weight excluding hydrogens is 260 g/mol. The molecule has 5 nitrogen and oxygen atoms in total. The van der Waals surface area contributed by atoms with Gasteiger partial charge in [0.2, 0.25) is 11.1 Å². The largest absolute Gasteiger partial charge is 0.273 e. The average Bonchev–Trinajstić information content (AvgIpc) is 2.78. The Morgan fingerprint density at radius 2 is 2.05 bits per heavy atom. The van der Waals surface area contributed by atoms with Crippen molar-refractivity contribution in [2.24, 2.45) is 0 Å². The number of carbonyl (C=O) groups excluding carboxylic acids is 1. The summed E-state index contributed by atoms with van der Waals surface area (Å²) in [4.78, 5) is 11.5. The maximum Gasteiger partial charge on any atom is 0.238 e. The summed E-state index contributed by atoms with van der Waals surface area (Å²) >= 11 is 1.55. The number of nitrogens with zero attached hydrogens (tertiary/aromatic N) is 3. The fourth-order valence-electron chi connectivity index (χ4n) is 1.49. The first kappa shape index (κ1) is 13.6. The first-order valence-electron chi connectivity index (χ1n) is 6.09. The third kappa shape index (κ3) is 3.57. The van der Waals surface area contributed by atoms with E-state index in [1.54, 1.807) is 16.4 Å². The normalized spacial score (nSPS) is 10.4. The van der Waals surface area contributed by atoms with Crippen LogP contribution in [0.1, 0.15) is 24.7 Å². The van der Waals surface area contributed by atoms with Gasteiger partial charge in [-0.2, -0.15) is 0 Å². The molecule has 0 saturated carbocycles. The predicted octanol–water partition coefficient (Wildman–Crippen LogP) is 2.36. The zero-order chi connectivity index (χ0) is 13.7. The molecular formula is C13H16N4OS. The van der Waals surface area contributed by atoms with Crippen LogP contribution >= 0.6 is 11.8 Å². The smallest absolute Gasteiger partial charge is 0.238 e. The Morgan fingerprint density at radius 3 is 2.74 bits per heavy atom. The van der Waals surface area contributed by atoms with Gasteiger partial charge in [-0.15, -0.1) is 10.2 Å². The molecule has 0 radical (unpaired) electrons. The molecule has 0 fully saturated rings. The lowest BCUT2D eigenvalue weighted by molar-refractivity contribution is -0.116. The first-order valence-corrected chi connectivity index (χ1v) is 7.08. The molecule has 1 amide bonds. The summed E-state index contributed by atoms with van der Waals surface area (Å²) in [5.74, 6) is 1.42. The Kier molecular flexibility index (Phi) is 4.57. The third-order valence-corrected chi connectivity index (χ3v) is 3.56. The molecule has 0 aliphatic heterocycles. The van der Waals surface area contributed by atoms with E-state index in [0.717, 1.165) is 5.75 Å². The van der Waals surface area contributed by atoms with Gasteiger partial charge in [0.25, 0.3) is 0 Å². The van der Waals surface area contributed by atoms with Crippen LogP contribution in [-0.4, -0.2) is 20.8 Å². The van der Waals surface area contributed by atoms with Crippen molar-refractivity contribution in [2.75, 3.05) is 5.43 Å². The van der Waals surface area contributed by atoms with E-state index in [4.69, 9.17) is 0 Å². The summed E-state index contributed by atoms with van der Waals surface area (Å²) in [7, 11) is 0. The van der Waals surface area contributed by atoms with Crippen LogP contribution in [-0.2, 0) is 10.5 Å². The molecule has 1 N–H and O–H groups in total. The monoisotopic (exact) mass is 276 g/mol.